The van der Waals surface area contributed by atoms with Crippen LogP contribution in [0.2, 0.25) is 0 Å². The van der Waals surface area contributed by atoms with Crippen LogP contribution in [-0.2, 0) is 14.8 Å². The zero-order valence-electron chi connectivity index (χ0n) is 19.2. The average Bonchev–Trinajstić information content (AvgIpc) is 2.88. The maximum atomic E-state index is 13.3. The Morgan fingerprint density at radius 3 is 2.49 bits per heavy atom. The van der Waals surface area contributed by atoms with Crippen LogP contribution < -0.4 is 14.2 Å². The first kappa shape index (κ1) is 23.2. The molecule has 1 fully saturated rings. The van der Waals surface area contributed by atoms with Crippen molar-refractivity contribution in [2.24, 2.45) is 0 Å². The predicted molar refractivity (Wildman–Crippen MR) is 130 cm³/mol. The molecule has 0 saturated carbocycles. The predicted octanol–water partition coefficient (Wildman–Crippen LogP) is 3.86. The van der Waals surface area contributed by atoms with Crippen molar-refractivity contribution in [2.45, 2.75) is 24.0 Å². The minimum atomic E-state index is -3.90. The highest BCUT2D eigenvalue weighted by Gasteiger charge is 2.30. The summed E-state index contributed by atoms with van der Waals surface area (Å²) in [6.45, 7) is 3.59. The van der Waals surface area contributed by atoms with E-state index in [-0.39, 0.29) is 23.0 Å². The summed E-state index contributed by atoms with van der Waals surface area (Å²) in [5.74, 6) is 0.718. The van der Waals surface area contributed by atoms with E-state index in [1.807, 2.05) is 37.3 Å². The van der Waals surface area contributed by atoms with E-state index in [9.17, 15) is 13.2 Å². The SMILES string of the molecule is CC1CN(C(=O)c2cccc(NS(=O)(=O)c3ccc4c(c3)OCCO4)c2)CC(c2ccccc2)O1. The van der Waals surface area contributed by atoms with Gasteiger partial charge in [-0.1, -0.05) is 36.4 Å². The van der Waals surface area contributed by atoms with E-state index < -0.39 is 10.0 Å². The lowest BCUT2D eigenvalue weighted by molar-refractivity contribution is -0.0691. The summed E-state index contributed by atoms with van der Waals surface area (Å²) in [6.07, 6.45) is -0.351. The van der Waals surface area contributed by atoms with E-state index in [1.165, 1.54) is 12.1 Å². The van der Waals surface area contributed by atoms with E-state index in [0.717, 1.165) is 5.56 Å². The number of fused-ring (bicyclic) bond motifs is 1. The summed E-state index contributed by atoms with van der Waals surface area (Å²) in [7, 11) is -3.90. The summed E-state index contributed by atoms with van der Waals surface area (Å²) in [6, 6.07) is 20.8. The fourth-order valence-corrected chi connectivity index (χ4v) is 5.34. The van der Waals surface area contributed by atoms with Crippen LogP contribution in [-0.4, -0.2) is 51.6 Å². The molecule has 1 N–H and O–H groups in total. The molecule has 0 radical (unpaired) electrons. The zero-order chi connectivity index (χ0) is 24.4. The van der Waals surface area contributed by atoms with Gasteiger partial charge in [0.2, 0.25) is 0 Å². The first-order chi connectivity index (χ1) is 16.9. The summed E-state index contributed by atoms with van der Waals surface area (Å²) in [5, 5.41) is 0. The Kier molecular flexibility index (Phi) is 6.36. The van der Waals surface area contributed by atoms with Gasteiger partial charge in [0.15, 0.2) is 11.5 Å². The number of sulfonamides is 1. The van der Waals surface area contributed by atoms with Gasteiger partial charge in [0.25, 0.3) is 15.9 Å². The highest BCUT2D eigenvalue weighted by atomic mass is 32.2. The number of carbonyl (C=O) groups is 1. The second-order valence-corrected chi connectivity index (χ2v) is 10.2. The molecule has 1 amide bonds. The fourth-order valence-electron chi connectivity index (χ4n) is 4.27. The number of nitrogens with zero attached hydrogens (tertiary/aromatic N) is 1. The van der Waals surface area contributed by atoms with Crippen LogP contribution in [0.1, 0.15) is 28.9 Å². The van der Waals surface area contributed by atoms with Crippen LogP contribution in [0.15, 0.2) is 77.7 Å². The molecule has 3 aromatic rings. The molecule has 2 aliphatic rings. The third-order valence-electron chi connectivity index (χ3n) is 5.90. The molecule has 8 nitrogen and oxygen atoms in total. The van der Waals surface area contributed by atoms with Gasteiger partial charge in [0.05, 0.1) is 17.5 Å². The first-order valence-corrected chi connectivity index (χ1v) is 12.9. The van der Waals surface area contributed by atoms with Crippen LogP contribution in [0.5, 0.6) is 11.5 Å². The summed E-state index contributed by atoms with van der Waals surface area (Å²) >= 11 is 0. The largest absolute Gasteiger partial charge is 0.486 e. The Bertz CT molecular complexity index is 1330. The van der Waals surface area contributed by atoms with Gasteiger partial charge >= 0.3 is 0 Å². The van der Waals surface area contributed by atoms with Gasteiger partial charge in [-0.15, -0.1) is 0 Å². The molecule has 35 heavy (non-hydrogen) atoms. The van der Waals surface area contributed by atoms with Crippen molar-refractivity contribution in [3.05, 3.63) is 83.9 Å². The number of amides is 1. The van der Waals surface area contributed by atoms with Crippen molar-refractivity contribution < 1.29 is 27.4 Å². The molecule has 0 spiro atoms. The summed E-state index contributed by atoms with van der Waals surface area (Å²) in [5.41, 5.74) is 1.71. The van der Waals surface area contributed by atoms with Crippen molar-refractivity contribution in [3.63, 3.8) is 0 Å². The van der Waals surface area contributed by atoms with Gasteiger partial charge in [-0.3, -0.25) is 9.52 Å². The number of hydrogen-bond donors (Lipinski definition) is 1. The second kappa shape index (κ2) is 9.59. The Labute approximate surface area is 204 Å². The molecule has 182 valence electrons. The normalized spacial score (nSPS) is 19.7. The molecule has 1 saturated heterocycles. The third kappa shape index (κ3) is 5.11. The maximum Gasteiger partial charge on any atom is 0.262 e. The minimum Gasteiger partial charge on any atom is -0.486 e. The van der Waals surface area contributed by atoms with Gasteiger partial charge in [-0.05, 0) is 42.8 Å². The maximum absolute atomic E-state index is 13.3. The Morgan fingerprint density at radius 2 is 1.69 bits per heavy atom. The molecule has 2 aliphatic heterocycles. The summed E-state index contributed by atoms with van der Waals surface area (Å²) < 4.78 is 45.6. The fraction of sp³-hybridized carbons (Fsp3) is 0.269. The first-order valence-electron chi connectivity index (χ1n) is 11.4. The van der Waals surface area contributed by atoms with Gasteiger partial charge in [0.1, 0.15) is 19.3 Å². The molecule has 0 aliphatic carbocycles. The molecule has 0 bridgehead atoms. The number of ether oxygens (including phenoxy) is 3. The highest BCUT2D eigenvalue weighted by Crippen LogP contribution is 2.33. The van der Waals surface area contributed by atoms with E-state index >= 15 is 0 Å². The highest BCUT2D eigenvalue weighted by molar-refractivity contribution is 7.92. The molecule has 5 rings (SSSR count). The smallest absolute Gasteiger partial charge is 0.262 e. The van der Waals surface area contributed by atoms with E-state index in [0.29, 0.717) is 49.1 Å². The molecule has 3 aromatic carbocycles. The summed E-state index contributed by atoms with van der Waals surface area (Å²) in [4.78, 5) is 15.1. The molecule has 2 atom stereocenters. The lowest BCUT2D eigenvalue weighted by Crippen LogP contribution is -2.46. The van der Waals surface area contributed by atoms with E-state index in [1.54, 1.807) is 35.2 Å². The molecule has 2 unspecified atom stereocenters. The molecule has 0 aromatic heterocycles. The van der Waals surface area contributed by atoms with Gasteiger partial charge in [-0.2, -0.15) is 0 Å². The zero-order valence-corrected chi connectivity index (χ0v) is 20.0. The van der Waals surface area contributed by atoms with Crippen LogP contribution in [0, 0.1) is 0 Å². The Hall–Kier alpha value is -3.56. The van der Waals surface area contributed by atoms with Crippen molar-refractivity contribution in [3.8, 4) is 11.5 Å². The van der Waals surface area contributed by atoms with Crippen molar-refractivity contribution in [1.82, 2.24) is 4.90 Å². The Balaban J connectivity index is 1.33. The van der Waals surface area contributed by atoms with Crippen LogP contribution >= 0.6 is 0 Å². The average molecular weight is 495 g/mol. The number of anilines is 1. The molecular weight excluding hydrogens is 468 g/mol. The lowest BCUT2D eigenvalue weighted by Gasteiger charge is -2.37. The van der Waals surface area contributed by atoms with Crippen molar-refractivity contribution in [1.29, 1.82) is 0 Å². The van der Waals surface area contributed by atoms with Gasteiger partial charge < -0.3 is 19.1 Å². The van der Waals surface area contributed by atoms with Crippen molar-refractivity contribution in [2.75, 3.05) is 31.0 Å². The lowest BCUT2D eigenvalue weighted by atomic mass is 10.1. The second-order valence-electron chi connectivity index (χ2n) is 8.55. The van der Waals surface area contributed by atoms with E-state index in [4.69, 9.17) is 14.2 Å². The van der Waals surface area contributed by atoms with Crippen LogP contribution in [0.3, 0.4) is 0 Å². The van der Waals surface area contributed by atoms with Crippen LogP contribution in [0.25, 0.3) is 0 Å². The number of rotatable bonds is 5. The minimum absolute atomic E-state index is 0.0474. The number of nitrogens with one attached hydrogen (secondary N) is 1. The van der Waals surface area contributed by atoms with Crippen molar-refractivity contribution >= 4 is 21.6 Å². The number of hydrogen-bond acceptors (Lipinski definition) is 6. The van der Waals surface area contributed by atoms with E-state index in [2.05, 4.69) is 4.72 Å². The van der Waals surface area contributed by atoms with Crippen LogP contribution in [0.4, 0.5) is 5.69 Å². The monoisotopic (exact) mass is 494 g/mol. The Morgan fingerprint density at radius 1 is 0.914 bits per heavy atom. The quantitative estimate of drug-likeness (QED) is 0.579. The molecule has 9 heteroatoms. The van der Waals surface area contributed by atoms with Gasteiger partial charge in [-0.25, -0.2) is 8.42 Å². The third-order valence-corrected chi connectivity index (χ3v) is 7.28. The number of benzene rings is 3. The number of carbonyl (C=O) groups excluding carboxylic acids is 1. The van der Waals surface area contributed by atoms with Gasteiger partial charge in [0, 0.05) is 23.9 Å². The molecule has 2 heterocycles. The topological polar surface area (TPSA) is 94.2 Å². The number of morpholine rings is 1. The molecular formula is C26H26N2O6S. The standard InChI is InChI=1S/C26H26N2O6S/c1-18-16-28(17-25(34-18)19-6-3-2-4-7-19)26(29)20-8-5-9-21(14-20)27-35(30,31)22-10-11-23-24(15-22)33-13-12-32-23/h2-11,14-15,18,25,27H,12-13,16-17H2,1H3.